The minimum absolute atomic E-state index is 0.209. The molecule has 0 saturated heterocycles. The van der Waals surface area contributed by atoms with Crippen molar-refractivity contribution in [1.82, 2.24) is 14.9 Å². The number of rotatable bonds is 7. The van der Waals surface area contributed by atoms with E-state index >= 15 is 0 Å². The Balaban J connectivity index is 1.43. The van der Waals surface area contributed by atoms with Gasteiger partial charge in [-0.2, -0.15) is 0 Å². The average molecular weight is 439 g/mol. The first kappa shape index (κ1) is 21.4. The van der Waals surface area contributed by atoms with E-state index in [0.29, 0.717) is 28.9 Å². The number of alkyl halides is 2. The zero-order valence-electron chi connectivity index (χ0n) is 17.1. The monoisotopic (exact) mass is 439 g/mol. The van der Waals surface area contributed by atoms with Crippen LogP contribution < -0.4 is 9.47 Å². The number of carbonyl (C=O) groups is 2. The summed E-state index contributed by atoms with van der Waals surface area (Å²) < 4.78 is 35.1. The third-order valence-electron chi connectivity index (χ3n) is 4.92. The number of aromatic nitrogens is 2. The molecule has 164 valence electrons. The summed E-state index contributed by atoms with van der Waals surface area (Å²) in [5.74, 6) is -0.191. The SMILES string of the molecule is Cc1cc(CN2Cc3ccc(OC(=O)c4ccncc4)cc3C2=O)ncc1OCC(F)F. The van der Waals surface area contributed by atoms with Crippen LogP contribution in [0.4, 0.5) is 8.78 Å². The molecular formula is C23H19F2N3O4. The second kappa shape index (κ2) is 9.09. The molecule has 0 aliphatic carbocycles. The van der Waals surface area contributed by atoms with Gasteiger partial charge in [0.1, 0.15) is 18.1 Å². The van der Waals surface area contributed by atoms with Gasteiger partial charge < -0.3 is 14.4 Å². The number of ether oxygens (including phenoxy) is 2. The van der Waals surface area contributed by atoms with Gasteiger partial charge in [-0.15, -0.1) is 0 Å². The van der Waals surface area contributed by atoms with Gasteiger partial charge in [-0.1, -0.05) is 6.07 Å². The van der Waals surface area contributed by atoms with Gasteiger partial charge in [-0.3, -0.25) is 14.8 Å². The molecule has 32 heavy (non-hydrogen) atoms. The summed E-state index contributed by atoms with van der Waals surface area (Å²) in [6, 6.07) is 9.74. The van der Waals surface area contributed by atoms with Gasteiger partial charge in [0.25, 0.3) is 12.3 Å². The largest absolute Gasteiger partial charge is 0.486 e. The van der Waals surface area contributed by atoms with Crippen LogP contribution in [0.15, 0.2) is 55.0 Å². The van der Waals surface area contributed by atoms with Crippen LogP contribution in [0.3, 0.4) is 0 Å². The maximum atomic E-state index is 12.9. The number of aryl methyl sites for hydroxylation is 1. The fraction of sp³-hybridized carbons (Fsp3) is 0.217. The van der Waals surface area contributed by atoms with Gasteiger partial charge in [0, 0.05) is 24.5 Å². The van der Waals surface area contributed by atoms with Gasteiger partial charge in [-0.05, 0) is 48.4 Å². The number of carbonyl (C=O) groups excluding carboxylic acids is 2. The molecule has 0 unspecified atom stereocenters. The standard InChI is InChI=1S/C23H19F2N3O4/c1-14-8-17(27-10-20(14)31-13-21(24)25)12-28-11-16-2-3-18(9-19(16)22(28)29)32-23(30)15-4-6-26-7-5-15/h2-10,21H,11-13H2,1H3. The highest BCUT2D eigenvalue weighted by molar-refractivity contribution is 5.99. The molecule has 3 aromatic rings. The zero-order chi connectivity index (χ0) is 22.7. The van der Waals surface area contributed by atoms with Crippen LogP contribution in [0.25, 0.3) is 0 Å². The Bertz CT molecular complexity index is 1160. The summed E-state index contributed by atoms with van der Waals surface area (Å²) >= 11 is 0. The number of pyridine rings is 2. The maximum Gasteiger partial charge on any atom is 0.343 e. The minimum Gasteiger partial charge on any atom is -0.486 e. The van der Waals surface area contributed by atoms with Crippen molar-refractivity contribution in [2.45, 2.75) is 26.4 Å². The topological polar surface area (TPSA) is 81.6 Å². The number of hydrogen-bond donors (Lipinski definition) is 0. The predicted octanol–water partition coefficient (Wildman–Crippen LogP) is 3.80. The van der Waals surface area contributed by atoms with E-state index in [4.69, 9.17) is 9.47 Å². The first-order chi connectivity index (χ1) is 15.4. The fourth-order valence-electron chi connectivity index (χ4n) is 3.37. The van der Waals surface area contributed by atoms with E-state index in [9.17, 15) is 18.4 Å². The number of benzene rings is 1. The highest BCUT2D eigenvalue weighted by atomic mass is 19.3. The predicted molar refractivity (Wildman–Crippen MR) is 110 cm³/mol. The van der Waals surface area contributed by atoms with Gasteiger partial charge in [0.15, 0.2) is 0 Å². The molecule has 0 N–H and O–H groups in total. The van der Waals surface area contributed by atoms with E-state index in [1.165, 1.54) is 18.6 Å². The quantitative estimate of drug-likeness (QED) is 0.411. The van der Waals surface area contributed by atoms with Crippen molar-refractivity contribution < 1.29 is 27.8 Å². The molecule has 0 spiro atoms. The molecule has 7 nitrogen and oxygen atoms in total. The molecular weight excluding hydrogens is 420 g/mol. The van der Waals surface area contributed by atoms with Crippen LogP contribution >= 0.6 is 0 Å². The van der Waals surface area contributed by atoms with E-state index < -0.39 is 19.0 Å². The Labute approximate surface area is 182 Å². The molecule has 1 aromatic carbocycles. The molecule has 0 fully saturated rings. The van der Waals surface area contributed by atoms with Crippen LogP contribution in [0, 0.1) is 6.92 Å². The molecule has 0 saturated carbocycles. The number of hydrogen-bond acceptors (Lipinski definition) is 6. The van der Waals surface area contributed by atoms with Crippen LogP contribution in [0.5, 0.6) is 11.5 Å². The summed E-state index contributed by atoms with van der Waals surface area (Å²) in [5, 5.41) is 0. The summed E-state index contributed by atoms with van der Waals surface area (Å²) in [6.07, 6.45) is 1.81. The molecule has 2 aromatic heterocycles. The van der Waals surface area contributed by atoms with E-state index in [1.807, 2.05) is 0 Å². The number of esters is 1. The second-order valence-electron chi connectivity index (χ2n) is 7.25. The Kier molecular flexibility index (Phi) is 6.07. The van der Waals surface area contributed by atoms with Crippen LogP contribution in [0.1, 0.15) is 37.5 Å². The Hall–Kier alpha value is -3.88. The first-order valence-electron chi connectivity index (χ1n) is 9.81. The zero-order valence-corrected chi connectivity index (χ0v) is 17.1. The Morgan fingerprint density at radius 2 is 1.97 bits per heavy atom. The van der Waals surface area contributed by atoms with Crippen LogP contribution in [0.2, 0.25) is 0 Å². The maximum absolute atomic E-state index is 12.9. The number of fused-ring (bicyclic) bond motifs is 1. The van der Waals surface area contributed by atoms with Crippen molar-refractivity contribution in [3.63, 3.8) is 0 Å². The van der Waals surface area contributed by atoms with Crippen LogP contribution in [-0.4, -0.2) is 39.8 Å². The van der Waals surface area contributed by atoms with E-state index in [-0.39, 0.29) is 24.0 Å². The van der Waals surface area contributed by atoms with Crippen LogP contribution in [-0.2, 0) is 13.1 Å². The molecule has 1 aliphatic heterocycles. The lowest BCUT2D eigenvalue weighted by Gasteiger charge is -2.16. The highest BCUT2D eigenvalue weighted by Crippen LogP contribution is 2.29. The number of halogens is 2. The summed E-state index contributed by atoms with van der Waals surface area (Å²) in [7, 11) is 0. The lowest BCUT2D eigenvalue weighted by Crippen LogP contribution is -2.24. The fourth-order valence-corrected chi connectivity index (χ4v) is 3.37. The van der Waals surface area contributed by atoms with E-state index in [0.717, 1.165) is 5.56 Å². The molecule has 0 atom stereocenters. The Morgan fingerprint density at radius 1 is 1.19 bits per heavy atom. The smallest absolute Gasteiger partial charge is 0.343 e. The lowest BCUT2D eigenvalue weighted by atomic mass is 10.1. The van der Waals surface area contributed by atoms with Gasteiger partial charge >= 0.3 is 5.97 Å². The third kappa shape index (κ3) is 4.72. The molecule has 1 aliphatic rings. The van der Waals surface area contributed by atoms with Crippen molar-refractivity contribution in [2.75, 3.05) is 6.61 Å². The molecule has 0 bridgehead atoms. The molecule has 0 radical (unpaired) electrons. The minimum atomic E-state index is -2.57. The van der Waals surface area contributed by atoms with Gasteiger partial charge in [0.2, 0.25) is 0 Å². The third-order valence-corrected chi connectivity index (χ3v) is 4.92. The summed E-state index contributed by atoms with van der Waals surface area (Å²) in [6.45, 7) is 1.67. The average Bonchev–Trinajstić information content (AvgIpc) is 3.08. The Morgan fingerprint density at radius 3 is 2.69 bits per heavy atom. The number of nitrogens with zero attached hydrogens (tertiary/aromatic N) is 3. The summed E-state index contributed by atoms with van der Waals surface area (Å²) in [4.78, 5) is 34.8. The molecule has 3 heterocycles. The van der Waals surface area contributed by atoms with Crippen molar-refractivity contribution >= 4 is 11.9 Å². The van der Waals surface area contributed by atoms with E-state index in [1.54, 1.807) is 48.2 Å². The highest BCUT2D eigenvalue weighted by Gasteiger charge is 2.28. The number of amides is 1. The van der Waals surface area contributed by atoms with Crippen molar-refractivity contribution in [3.05, 3.63) is 82.9 Å². The van der Waals surface area contributed by atoms with Crippen molar-refractivity contribution in [1.29, 1.82) is 0 Å². The lowest BCUT2D eigenvalue weighted by molar-refractivity contribution is 0.0728. The van der Waals surface area contributed by atoms with Gasteiger partial charge in [0.05, 0.1) is 24.0 Å². The van der Waals surface area contributed by atoms with Gasteiger partial charge in [-0.25, -0.2) is 13.6 Å². The summed E-state index contributed by atoms with van der Waals surface area (Å²) in [5.41, 5.74) is 2.89. The molecule has 9 heteroatoms. The second-order valence-corrected chi connectivity index (χ2v) is 7.25. The molecule has 4 rings (SSSR count). The normalized spacial score (nSPS) is 12.8. The molecule has 1 amide bonds. The van der Waals surface area contributed by atoms with E-state index in [2.05, 4.69) is 9.97 Å². The first-order valence-corrected chi connectivity index (χ1v) is 9.81. The van der Waals surface area contributed by atoms with Crippen molar-refractivity contribution in [2.24, 2.45) is 0 Å². The van der Waals surface area contributed by atoms with Crippen molar-refractivity contribution in [3.8, 4) is 11.5 Å².